The molecule has 0 spiro atoms. The number of amides is 1. The molecule has 1 aromatic carbocycles. The summed E-state index contributed by atoms with van der Waals surface area (Å²) in [4.78, 5) is 12.2. The van der Waals surface area contributed by atoms with Gasteiger partial charge in [0, 0.05) is 10.9 Å². The van der Waals surface area contributed by atoms with Crippen molar-refractivity contribution in [2.75, 3.05) is 0 Å². The first-order valence-electron chi connectivity index (χ1n) is 6.70. The van der Waals surface area contributed by atoms with Gasteiger partial charge in [0.25, 0.3) is 0 Å². The summed E-state index contributed by atoms with van der Waals surface area (Å²) in [6, 6.07) is 7.69. The molecule has 2 nitrogen and oxygen atoms in total. The van der Waals surface area contributed by atoms with E-state index in [0.29, 0.717) is 0 Å². The molecule has 0 bridgehead atoms. The number of hydrogen-bond donors (Lipinski definition) is 1. The highest BCUT2D eigenvalue weighted by Crippen LogP contribution is 2.54. The molecule has 0 heterocycles. The van der Waals surface area contributed by atoms with Crippen molar-refractivity contribution < 1.29 is 4.79 Å². The number of halogens is 1. The Morgan fingerprint density at radius 2 is 1.94 bits per heavy atom. The molecule has 1 N–H and O–H groups in total. The zero-order valence-electron chi connectivity index (χ0n) is 10.5. The van der Waals surface area contributed by atoms with Gasteiger partial charge in [0.2, 0.25) is 5.91 Å². The molecule has 2 aliphatic carbocycles. The zero-order chi connectivity index (χ0) is 12.7. The van der Waals surface area contributed by atoms with E-state index in [1.807, 2.05) is 31.2 Å². The molecular formula is C15H18ClNO. The monoisotopic (exact) mass is 263 g/mol. The van der Waals surface area contributed by atoms with Crippen molar-refractivity contribution in [3.05, 3.63) is 34.9 Å². The quantitative estimate of drug-likeness (QED) is 0.888. The lowest BCUT2D eigenvalue weighted by Crippen LogP contribution is -2.32. The number of hydrogen-bond acceptors (Lipinski definition) is 1. The molecule has 2 fully saturated rings. The van der Waals surface area contributed by atoms with Crippen molar-refractivity contribution in [1.82, 2.24) is 5.32 Å². The normalized spacial score (nSPS) is 30.7. The van der Waals surface area contributed by atoms with Crippen LogP contribution in [-0.2, 0) is 4.79 Å². The van der Waals surface area contributed by atoms with Gasteiger partial charge in [-0.1, -0.05) is 29.8 Å². The summed E-state index contributed by atoms with van der Waals surface area (Å²) in [5.41, 5.74) is 0.996. The van der Waals surface area contributed by atoms with Gasteiger partial charge in [-0.3, -0.25) is 4.79 Å². The average molecular weight is 264 g/mol. The van der Waals surface area contributed by atoms with E-state index in [2.05, 4.69) is 5.32 Å². The Kier molecular flexibility index (Phi) is 3.06. The number of benzene rings is 1. The fraction of sp³-hybridized carbons (Fsp3) is 0.533. The lowest BCUT2D eigenvalue weighted by atomic mass is 10.0. The second-order valence-corrected chi connectivity index (χ2v) is 6.08. The molecule has 0 radical (unpaired) electrons. The van der Waals surface area contributed by atoms with Crippen molar-refractivity contribution in [2.24, 2.45) is 17.8 Å². The van der Waals surface area contributed by atoms with Crippen molar-refractivity contribution in [1.29, 1.82) is 0 Å². The van der Waals surface area contributed by atoms with Crippen LogP contribution in [0.4, 0.5) is 0 Å². The standard InChI is InChI=1S/C15H18ClNO/c1-9(13-4-2-3-5-14(13)16)17-15(18)12-7-10-6-11(10)8-12/h2-5,9-12H,6-8H2,1H3,(H,17,18). The van der Waals surface area contributed by atoms with Crippen molar-refractivity contribution in [3.63, 3.8) is 0 Å². The summed E-state index contributed by atoms with van der Waals surface area (Å²) in [5.74, 6) is 2.13. The smallest absolute Gasteiger partial charge is 0.223 e. The molecule has 3 rings (SSSR count). The highest BCUT2D eigenvalue weighted by molar-refractivity contribution is 6.31. The lowest BCUT2D eigenvalue weighted by Gasteiger charge is -2.19. The molecule has 0 aliphatic heterocycles. The van der Waals surface area contributed by atoms with Crippen molar-refractivity contribution in [3.8, 4) is 0 Å². The highest BCUT2D eigenvalue weighted by Gasteiger charge is 2.48. The minimum atomic E-state index is -0.0110. The van der Waals surface area contributed by atoms with Gasteiger partial charge >= 0.3 is 0 Å². The zero-order valence-corrected chi connectivity index (χ0v) is 11.3. The number of carbonyl (C=O) groups excluding carboxylic acids is 1. The fourth-order valence-electron chi connectivity index (χ4n) is 3.16. The Morgan fingerprint density at radius 3 is 2.61 bits per heavy atom. The number of rotatable bonds is 3. The number of carbonyl (C=O) groups is 1. The van der Waals surface area contributed by atoms with Gasteiger partial charge in [-0.15, -0.1) is 0 Å². The second kappa shape index (κ2) is 4.58. The molecule has 2 saturated carbocycles. The summed E-state index contributed by atoms with van der Waals surface area (Å²) in [6.45, 7) is 1.99. The van der Waals surface area contributed by atoms with E-state index >= 15 is 0 Å². The maximum Gasteiger partial charge on any atom is 0.223 e. The summed E-state index contributed by atoms with van der Waals surface area (Å²) in [7, 11) is 0. The summed E-state index contributed by atoms with van der Waals surface area (Å²) in [6.07, 6.45) is 3.53. The molecule has 1 aromatic rings. The van der Waals surface area contributed by atoms with Gasteiger partial charge in [0.05, 0.1) is 6.04 Å². The van der Waals surface area contributed by atoms with Crippen LogP contribution >= 0.6 is 11.6 Å². The Balaban J connectivity index is 1.62. The van der Waals surface area contributed by atoms with Crippen LogP contribution in [0.5, 0.6) is 0 Å². The van der Waals surface area contributed by atoms with E-state index in [0.717, 1.165) is 35.3 Å². The molecule has 2 aliphatic rings. The first-order chi connectivity index (χ1) is 8.65. The minimum Gasteiger partial charge on any atom is -0.349 e. The lowest BCUT2D eigenvalue weighted by molar-refractivity contribution is -0.125. The SMILES string of the molecule is CC(NC(=O)C1CC2CC2C1)c1ccccc1Cl. The van der Waals surface area contributed by atoms with E-state index in [4.69, 9.17) is 11.6 Å². The van der Waals surface area contributed by atoms with Crippen molar-refractivity contribution in [2.45, 2.75) is 32.2 Å². The Morgan fingerprint density at radius 1 is 1.28 bits per heavy atom. The van der Waals surface area contributed by atoms with Crippen LogP contribution in [0.2, 0.25) is 5.02 Å². The van der Waals surface area contributed by atoms with Crippen LogP contribution in [0.15, 0.2) is 24.3 Å². The van der Waals surface area contributed by atoms with Crippen LogP contribution in [0, 0.1) is 17.8 Å². The largest absolute Gasteiger partial charge is 0.349 e. The van der Waals surface area contributed by atoms with Crippen LogP contribution in [-0.4, -0.2) is 5.91 Å². The predicted octanol–water partition coefficient (Wildman–Crippen LogP) is 3.56. The number of nitrogens with one attached hydrogen (secondary N) is 1. The van der Waals surface area contributed by atoms with E-state index in [1.165, 1.54) is 6.42 Å². The fourth-order valence-corrected chi connectivity index (χ4v) is 3.46. The Bertz CT molecular complexity index is 463. The van der Waals surface area contributed by atoms with Gasteiger partial charge in [-0.25, -0.2) is 0 Å². The second-order valence-electron chi connectivity index (χ2n) is 5.68. The molecular weight excluding hydrogens is 246 g/mol. The summed E-state index contributed by atoms with van der Waals surface area (Å²) >= 11 is 6.14. The summed E-state index contributed by atoms with van der Waals surface area (Å²) < 4.78 is 0. The highest BCUT2D eigenvalue weighted by atomic mass is 35.5. The minimum absolute atomic E-state index is 0.0110. The van der Waals surface area contributed by atoms with Crippen LogP contribution in [0.3, 0.4) is 0 Å². The van der Waals surface area contributed by atoms with Gasteiger partial charge in [-0.05, 0) is 49.7 Å². The van der Waals surface area contributed by atoms with Crippen LogP contribution in [0.25, 0.3) is 0 Å². The van der Waals surface area contributed by atoms with E-state index < -0.39 is 0 Å². The first-order valence-corrected chi connectivity index (χ1v) is 7.07. The average Bonchev–Trinajstić information content (AvgIpc) is 2.96. The molecule has 96 valence electrons. The molecule has 1 amide bonds. The number of fused-ring (bicyclic) bond motifs is 1. The molecule has 0 saturated heterocycles. The van der Waals surface area contributed by atoms with Crippen LogP contribution < -0.4 is 5.32 Å². The van der Waals surface area contributed by atoms with Gasteiger partial charge in [0.15, 0.2) is 0 Å². The maximum atomic E-state index is 12.2. The first kappa shape index (κ1) is 12.0. The third-order valence-electron chi connectivity index (χ3n) is 4.34. The molecule has 3 atom stereocenters. The summed E-state index contributed by atoms with van der Waals surface area (Å²) in [5, 5.41) is 3.82. The van der Waals surface area contributed by atoms with Crippen molar-refractivity contribution >= 4 is 17.5 Å². The van der Waals surface area contributed by atoms with E-state index in [-0.39, 0.29) is 17.9 Å². The topological polar surface area (TPSA) is 29.1 Å². The predicted molar refractivity (Wildman–Crippen MR) is 72.3 cm³/mol. The van der Waals surface area contributed by atoms with Gasteiger partial charge in [0.1, 0.15) is 0 Å². The maximum absolute atomic E-state index is 12.2. The third-order valence-corrected chi connectivity index (χ3v) is 4.69. The van der Waals surface area contributed by atoms with Crippen LogP contribution in [0.1, 0.15) is 37.8 Å². The Hall–Kier alpha value is -1.02. The van der Waals surface area contributed by atoms with Gasteiger partial charge in [-0.2, -0.15) is 0 Å². The molecule has 3 heteroatoms. The molecule has 0 aromatic heterocycles. The van der Waals surface area contributed by atoms with Gasteiger partial charge < -0.3 is 5.32 Å². The third kappa shape index (κ3) is 2.26. The van der Waals surface area contributed by atoms with E-state index in [1.54, 1.807) is 0 Å². The Labute approximate surface area is 113 Å². The van der Waals surface area contributed by atoms with E-state index in [9.17, 15) is 4.79 Å². The molecule has 18 heavy (non-hydrogen) atoms. The molecule has 3 unspecified atom stereocenters.